The Morgan fingerprint density at radius 2 is 1.95 bits per heavy atom. The quantitative estimate of drug-likeness (QED) is 0.787. The zero-order chi connectivity index (χ0) is 14.9. The molecule has 0 fully saturated rings. The second-order valence-corrected chi connectivity index (χ2v) is 5.22. The Morgan fingerprint density at radius 1 is 1.25 bits per heavy atom. The Hall–Kier alpha value is -1.66. The molecule has 104 valence electrons. The van der Waals surface area contributed by atoms with Gasteiger partial charge >= 0.3 is 0 Å². The minimum absolute atomic E-state index is 0.0870. The van der Waals surface area contributed by atoms with Crippen LogP contribution in [0, 0.1) is 11.6 Å². The fraction of sp³-hybridized carbons (Fsp3) is 0. The highest BCUT2D eigenvalue weighted by Crippen LogP contribution is 2.28. The van der Waals surface area contributed by atoms with Crippen molar-refractivity contribution in [1.29, 1.82) is 0 Å². The van der Waals surface area contributed by atoms with Crippen molar-refractivity contribution >= 4 is 44.8 Å². The third kappa shape index (κ3) is 3.08. The number of benzene rings is 2. The van der Waals surface area contributed by atoms with Crippen LogP contribution in [-0.4, -0.2) is 5.91 Å². The maximum Gasteiger partial charge on any atom is 0.257 e. The fourth-order valence-electron chi connectivity index (χ4n) is 1.57. The van der Waals surface area contributed by atoms with E-state index in [9.17, 15) is 13.6 Å². The molecule has 0 aliphatic carbocycles. The molecule has 3 nitrogen and oxygen atoms in total. The number of amides is 1. The summed E-state index contributed by atoms with van der Waals surface area (Å²) in [6, 6.07) is 6.07. The van der Waals surface area contributed by atoms with Crippen molar-refractivity contribution < 1.29 is 13.6 Å². The van der Waals surface area contributed by atoms with Crippen LogP contribution in [-0.2, 0) is 0 Å². The molecule has 7 heteroatoms. The topological polar surface area (TPSA) is 55.1 Å². The third-order valence-electron chi connectivity index (χ3n) is 2.51. The molecule has 0 radical (unpaired) electrons. The molecular weight excluding hydrogens is 354 g/mol. The predicted octanol–water partition coefficient (Wildman–Crippen LogP) is 4.22. The molecule has 0 atom stereocenters. The van der Waals surface area contributed by atoms with Gasteiger partial charge in [0.1, 0.15) is 5.82 Å². The van der Waals surface area contributed by atoms with Crippen molar-refractivity contribution in [1.82, 2.24) is 0 Å². The first-order valence-corrected chi connectivity index (χ1v) is 6.56. The van der Waals surface area contributed by atoms with E-state index in [-0.39, 0.29) is 21.4 Å². The Morgan fingerprint density at radius 3 is 2.60 bits per heavy atom. The van der Waals surface area contributed by atoms with Gasteiger partial charge in [-0.2, -0.15) is 0 Å². The first-order chi connectivity index (χ1) is 9.38. The van der Waals surface area contributed by atoms with Crippen LogP contribution >= 0.6 is 27.5 Å². The van der Waals surface area contributed by atoms with E-state index in [2.05, 4.69) is 21.2 Å². The van der Waals surface area contributed by atoms with Gasteiger partial charge in [0.05, 0.1) is 11.3 Å². The number of carbonyl (C=O) groups excluding carboxylic acids is 1. The molecule has 0 aliphatic heterocycles. The van der Waals surface area contributed by atoms with Crippen LogP contribution in [0.3, 0.4) is 0 Å². The summed E-state index contributed by atoms with van der Waals surface area (Å²) in [5.41, 5.74) is 5.79. The molecule has 3 N–H and O–H groups in total. The Balaban J connectivity index is 2.35. The van der Waals surface area contributed by atoms with Crippen molar-refractivity contribution in [2.45, 2.75) is 0 Å². The summed E-state index contributed by atoms with van der Waals surface area (Å²) in [6.07, 6.45) is 0. The van der Waals surface area contributed by atoms with E-state index in [1.807, 2.05) is 0 Å². The van der Waals surface area contributed by atoms with Gasteiger partial charge in [-0.3, -0.25) is 4.79 Å². The van der Waals surface area contributed by atoms with Gasteiger partial charge in [0.2, 0.25) is 0 Å². The first-order valence-electron chi connectivity index (χ1n) is 5.39. The van der Waals surface area contributed by atoms with E-state index in [0.717, 1.165) is 6.07 Å². The lowest BCUT2D eigenvalue weighted by molar-refractivity contribution is 0.102. The van der Waals surface area contributed by atoms with Gasteiger partial charge in [-0.05, 0) is 40.2 Å². The van der Waals surface area contributed by atoms with Crippen molar-refractivity contribution in [3.05, 3.63) is 57.0 Å². The number of carbonyl (C=O) groups is 1. The van der Waals surface area contributed by atoms with E-state index in [0.29, 0.717) is 11.1 Å². The largest absolute Gasteiger partial charge is 0.398 e. The van der Waals surface area contributed by atoms with Crippen LogP contribution in [0.25, 0.3) is 0 Å². The van der Waals surface area contributed by atoms with Crippen LogP contribution < -0.4 is 11.1 Å². The lowest BCUT2D eigenvalue weighted by atomic mass is 10.1. The zero-order valence-electron chi connectivity index (χ0n) is 9.88. The summed E-state index contributed by atoms with van der Waals surface area (Å²) < 4.78 is 26.7. The molecule has 20 heavy (non-hydrogen) atoms. The van der Waals surface area contributed by atoms with Gasteiger partial charge in [0, 0.05) is 21.2 Å². The molecule has 0 saturated carbocycles. The molecule has 0 heterocycles. The summed E-state index contributed by atoms with van der Waals surface area (Å²) in [6.45, 7) is 0. The third-order valence-corrected chi connectivity index (χ3v) is 3.37. The van der Waals surface area contributed by atoms with Gasteiger partial charge in [0.25, 0.3) is 5.91 Å². The maximum absolute atomic E-state index is 13.6. The van der Waals surface area contributed by atoms with Crippen molar-refractivity contribution in [3.63, 3.8) is 0 Å². The number of hydrogen-bond acceptors (Lipinski definition) is 2. The molecule has 0 saturated heterocycles. The molecule has 2 aromatic rings. The monoisotopic (exact) mass is 360 g/mol. The van der Waals surface area contributed by atoms with Gasteiger partial charge in [-0.1, -0.05) is 11.6 Å². The Kier molecular flexibility index (Phi) is 4.25. The van der Waals surface area contributed by atoms with E-state index < -0.39 is 17.5 Å². The Bertz CT molecular complexity index is 671. The van der Waals surface area contributed by atoms with Crippen LogP contribution in [0.4, 0.5) is 20.2 Å². The maximum atomic E-state index is 13.6. The van der Waals surface area contributed by atoms with Crippen molar-refractivity contribution in [2.24, 2.45) is 0 Å². The highest BCUT2D eigenvalue weighted by atomic mass is 79.9. The van der Waals surface area contributed by atoms with E-state index in [1.165, 1.54) is 18.2 Å². The highest BCUT2D eigenvalue weighted by Gasteiger charge is 2.16. The average molecular weight is 362 g/mol. The average Bonchev–Trinajstić information content (AvgIpc) is 2.36. The van der Waals surface area contributed by atoms with E-state index in [4.69, 9.17) is 17.3 Å². The molecule has 0 bridgehead atoms. The molecule has 0 aromatic heterocycles. The fourth-order valence-corrected chi connectivity index (χ4v) is 2.25. The lowest BCUT2D eigenvalue weighted by Crippen LogP contribution is -2.15. The molecule has 0 aliphatic rings. The first kappa shape index (κ1) is 14.7. The van der Waals surface area contributed by atoms with E-state index in [1.54, 1.807) is 0 Å². The molecule has 0 unspecified atom stereocenters. The lowest BCUT2D eigenvalue weighted by Gasteiger charge is -2.10. The van der Waals surface area contributed by atoms with Crippen molar-refractivity contribution in [2.75, 3.05) is 11.1 Å². The molecule has 2 aromatic carbocycles. The number of hydrogen-bond donors (Lipinski definition) is 2. The zero-order valence-corrected chi connectivity index (χ0v) is 12.2. The molecule has 2 rings (SSSR count). The number of halogens is 4. The minimum atomic E-state index is -0.897. The number of anilines is 2. The smallest absolute Gasteiger partial charge is 0.257 e. The minimum Gasteiger partial charge on any atom is -0.398 e. The van der Waals surface area contributed by atoms with Crippen LogP contribution in [0.1, 0.15) is 10.4 Å². The number of nitrogens with two attached hydrogens (primary N) is 1. The summed E-state index contributed by atoms with van der Waals surface area (Å²) in [4.78, 5) is 12.0. The molecule has 0 spiro atoms. The highest BCUT2D eigenvalue weighted by molar-refractivity contribution is 9.10. The van der Waals surface area contributed by atoms with Gasteiger partial charge < -0.3 is 11.1 Å². The summed E-state index contributed by atoms with van der Waals surface area (Å²) in [7, 11) is 0. The van der Waals surface area contributed by atoms with Crippen LogP contribution in [0.5, 0.6) is 0 Å². The van der Waals surface area contributed by atoms with E-state index >= 15 is 0 Å². The SMILES string of the molecule is Nc1ccc(Cl)cc1C(=O)Nc1c(F)cc(F)cc1Br. The van der Waals surface area contributed by atoms with Gasteiger partial charge in [0.15, 0.2) is 5.82 Å². The summed E-state index contributed by atoms with van der Waals surface area (Å²) >= 11 is 8.76. The molecule has 1 amide bonds. The van der Waals surface area contributed by atoms with Crippen LogP contribution in [0.2, 0.25) is 5.02 Å². The van der Waals surface area contributed by atoms with Crippen LogP contribution in [0.15, 0.2) is 34.8 Å². The summed E-state index contributed by atoms with van der Waals surface area (Å²) in [5.74, 6) is -2.29. The Labute approximate surface area is 126 Å². The predicted molar refractivity (Wildman–Crippen MR) is 77.9 cm³/mol. The normalized spacial score (nSPS) is 10.4. The standard InChI is InChI=1S/C13H8BrClF2N2O/c14-9-4-7(16)5-10(17)12(9)19-13(20)8-3-6(15)1-2-11(8)18/h1-5H,18H2,(H,19,20). The second-order valence-electron chi connectivity index (χ2n) is 3.93. The summed E-state index contributed by atoms with van der Waals surface area (Å²) in [5, 5.41) is 2.65. The number of rotatable bonds is 2. The second kappa shape index (κ2) is 5.76. The van der Waals surface area contributed by atoms with Gasteiger partial charge in [-0.15, -0.1) is 0 Å². The van der Waals surface area contributed by atoms with Crippen molar-refractivity contribution in [3.8, 4) is 0 Å². The number of nitrogen functional groups attached to an aromatic ring is 1. The molecular formula is C13H8BrClF2N2O. The number of nitrogens with one attached hydrogen (secondary N) is 1. The van der Waals surface area contributed by atoms with Gasteiger partial charge in [-0.25, -0.2) is 8.78 Å².